The second-order valence-electron chi connectivity index (χ2n) is 9.64. The number of carboxylic acid groups (broad SMARTS) is 1. The van der Waals surface area contributed by atoms with Crippen molar-refractivity contribution in [3.63, 3.8) is 0 Å². The summed E-state index contributed by atoms with van der Waals surface area (Å²) < 4.78 is 2.96. The minimum atomic E-state index is -0.733. The predicted octanol–water partition coefficient (Wildman–Crippen LogP) is 7.23. The highest BCUT2D eigenvalue weighted by atomic mass is 35.5. The molecule has 2 N–H and O–H groups in total. The highest BCUT2D eigenvalue weighted by Crippen LogP contribution is 2.33. The summed E-state index contributed by atoms with van der Waals surface area (Å²) in [6.07, 6.45) is 7.74. The number of hydrogen-bond donors (Lipinski definition) is 2. The number of benzene rings is 2. The van der Waals surface area contributed by atoms with Crippen molar-refractivity contribution >= 4 is 55.6 Å². The summed E-state index contributed by atoms with van der Waals surface area (Å²) >= 11 is 7.66. The SMILES string of the molecule is O=C(O)[C@@H](Cc1nnc2cc(-c3ccc(Nc4nc5ccc(Cl)cc5s4)cc3)ccn12)C1CCCCC1. The first-order chi connectivity index (χ1) is 18.0. The molecule has 1 aliphatic rings. The standard InChI is InChI=1S/C28H26ClN5O2S/c29-20-8-11-23-24(15-20)37-28(31-23)30-21-9-6-17(7-10-21)19-12-13-34-25(14-19)32-33-26(34)16-22(27(35)36)18-4-2-1-3-5-18/h6-15,18,22H,1-5,16H2,(H,30,31)(H,35,36)/t22-/m0/s1. The van der Waals surface area contributed by atoms with Crippen LogP contribution in [0.25, 0.3) is 27.0 Å². The van der Waals surface area contributed by atoms with Crippen molar-refractivity contribution in [2.75, 3.05) is 5.32 Å². The van der Waals surface area contributed by atoms with Crippen LogP contribution in [-0.4, -0.2) is 30.7 Å². The fourth-order valence-corrected chi connectivity index (χ4v) is 6.43. The van der Waals surface area contributed by atoms with Crippen LogP contribution in [0.3, 0.4) is 0 Å². The van der Waals surface area contributed by atoms with Crippen molar-refractivity contribution in [3.05, 3.63) is 71.6 Å². The lowest BCUT2D eigenvalue weighted by molar-refractivity contribution is -0.144. The molecule has 188 valence electrons. The van der Waals surface area contributed by atoms with E-state index < -0.39 is 11.9 Å². The Morgan fingerprint density at radius 3 is 2.65 bits per heavy atom. The van der Waals surface area contributed by atoms with E-state index in [1.807, 2.05) is 53.1 Å². The number of anilines is 2. The molecule has 7 nitrogen and oxygen atoms in total. The first-order valence-electron chi connectivity index (χ1n) is 12.5. The van der Waals surface area contributed by atoms with Gasteiger partial charge in [-0.15, -0.1) is 10.2 Å². The number of nitrogens with one attached hydrogen (secondary N) is 1. The van der Waals surface area contributed by atoms with E-state index in [0.29, 0.717) is 17.3 Å². The molecule has 0 spiro atoms. The number of fused-ring (bicyclic) bond motifs is 2. The molecule has 1 saturated carbocycles. The summed E-state index contributed by atoms with van der Waals surface area (Å²) in [6.45, 7) is 0. The summed E-state index contributed by atoms with van der Waals surface area (Å²) in [7, 11) is 0. The molecule has 2 aromatic carbocycles. The van der Waals surface area contributed by atoms with Crippen LogP contribution in [0.15, 0.2) is 60.8 Å². The molecule has 0 amide bonds. The quantitative estimate of drug-likeness (QED) is 0.230. The largest absolute Gasteiger partial charge is 0.481 e. The number of aliphatic carboxylic acids is 1. The molecule has 3 heterocycles. The number of carbonyl (C=O) groups is 1. The Kier molecular flexibility index (Phi) is 6.52. The van der Waals surface area contributed by atoms with E-state index >= 15 is 0 Å². The highest BCUT2D eigenvalue weighted by molar-refractivity contribution is 7.22. The Morgan fingerprint density at radius 1 is 1.05 bits per heavy atom. The first-order valence-corrected chi connectivity index (χ1v) is 13.7. The molecule has 9 heteroatoms. The maximum Gasteiger partial charge on any atom is 0.307 e. The van der Waals surface area contributed by atoms with Gasteiger partial charge >= 0.3 is 5.97 Å². The Bertz CT molecular complexity index is 1570. The molecule has 0 saturated heterocycles. The van der Waals surface area contributed by atoms with Gasteiger partial charge in [0, 0.05) is 23.3 Å². The van der Waals surface area contributed by atoms with Crippen LogP contribution in [0.4, 0.5) is 10.8 Å². The van der Waals surface area contributed by atoms with Crippen LogP contribution in [0.5, 0.6) is 0 Å². The maximum atomic E-state index is 12.0. The number of aromatic nitrogens is 4. The molecule has 37 heavy (non-hydrogen) atoms. The van der Waals surface area contributed by atoms with Crippen LogP contribution < -0.4 is 5.32 Å². The average Bonchev–Trinajstić information content (AvgIpc) is 3.50. The minimum absolute atomic E-state index is 0.213. The van der Waals surface area contributed by atoms with Crippen molar-refractivity contribution in [2.45, 2.75) is 38.5 Å². The van der Waals surface area contributed by atoms with Crippen molar-refractivity contribution in [1.82, 2.24) is 19.6 Å². The minimum Gasteiger partial charge on any atom is -0.481 e. The number of pyridine rings is 1. The molecular weight excluding hydrogens is 506 g/mol. The van der Waals surface area contributed by atoms with Gasteiger partial charge in [-0.1, -0.05) is 54.3 Å². The average molecular weight is 532 g/mol. The van der Waals surface area contributed by atoms with E-state index in [9.17, 15) is 9.90 Å². The zero-order valence-corrected chi connectivity index (χ0v) is 21.7. The van der Waals surface area contributed by atoms with Gasteiger partial charge in [0.2, 0.25) is 0 Å². The van der Waals surface area contributed by atoms with E-state index in [-0.39, 0.29) is 5.92 Å². The van der Waals surface area contributed by atoms with Gasteiger partial charge in [0.25, 0.3) is 0 Å². The van der Waals surface area contributed by atoms with Gasteiger partial charge in [-0.3, -0.25) is 9.20 Å². The summed E-state index contributed by atoms with van der Waals surface area (Å²) in [5, 5.41) is 23.5. The number of carboxylic acids is 1. The van der Waals surface area contributed by atoms with Crippen LogP contribution >= 0.6 is 22.9 Å². The third kappa shape index (κ3) is 5.04. The van der Waals surface area contributed by atoms with Gasteiger partial charge in [0.1, 0.15) is 5.82 Å². The van der Waals surface area contributed by atoms with Gasteiger partial charge in [-0.25, -0.2) is 4.98 Å². The van der Waals surface area contributed by atoms with E-state index in [2.05, 4.69) is 32.6 Å². The number of halogens is 1. The lowest BCUT2D eigenvalue weighted by Crippen LogP contribution is -2.28. The maximum absolute atomic E-state index is 12.0. The van der Waals surface area contributed by atoms with E-state index in [4.69, 9.17) is 11.6 Å². The first kappa shape index (κ1) is 23.9. The monoisotopic (exact) mass is 531 g/mol. The predicted molar refractivity (Wildman–Crippen MR) is 148 cm³/mol. The van der Waals surface area contributed by atoms with Crippen LogP contribution in [-0.2, 0) is 11.2 Å². The second kappa shape index (κ2) is 10.1. The number of thiazole rings is 1. The normalized spacial score (nSPS) is 15.3. The number of nitrogens with zero attached hydrogens (tertiary/aromatic N) is 4. The topological polar surface area (TPSA) is 92.4 Å². The van der Waals surface area contributed by atoms with Gasteiger partial charge in [-0.05, 0) is 72.4 Å². The van der Waals surface area contributed by atoms with Crippen molar-refractivity contribution < 1.29 is 9.90 Å². The van der Waals surface area contributed by atoms with E-state index in [1.54, 1.807) is 11.3 Å². The molecule has 1 fully saturated rings. The van der Waals surface area contributed by atoms with Gasteiger partial charge in [-0.2, -0.15) is 0 Å². The molecule has 5 aromatic rings. The molecular formula is C28H26ClN5O2S. The smallest absolute Gasteiger partial charge is 0.307 e. The Hall–Kier alpha value is -3.49. The van der Waals surface area contributed by atoms with E-state index in [1.165, 1.54) is 6.42 Å². The third-order valence-electron chi connectivity index (χ3n) is 7.24. The molecule has 6 rings (SSSR count). The molecule has 3 aromatic heterocycles. The molecule has 0 bridgehead atoms. The Balaban J connectivity index is 1.19. The number of rotatable bonds is 7. The molecule has 1 aliphatic carbocycles. The van der Waals surface area contributed by atoms with Crippen molar-refractivity contribution in [1.29, 1.82) is 0 Å². The highest BCUT2D eigenvalue weighted by Gasteiger charge is 2.31. The van der Waals surface area contributed by atoms with Crippen molar-refractivity contribution in [3.8, 4) is 11.1 Å². The van der Waals surface area contributed by atoms with Crippen LogP contribution in [0, 0.1) is 11.8 Å². The second-order valence-corrected chi connectivity index (χ2v) is 11.1. The molecule has 0 radical (unpaired) electrons. The van der Waals surface area contributed by atoms with Crippen LogP contribution in [0.2, 0.25) is 5.02 Å². The van der Waals surface area contributed by atoms with Crippen LogP contribution in [0.1, 0.15) is 37.9 Å². The van der Waals surface area contributed by atoms with Gasteiger partial charge in [0.15, 0.2) is 10.8 Å². The van der Waals surface area contributed by atoms with Crippen molar-refractivity contribution in [2.24, 2.45) is 11.8 Å². The lowest BCUT2D eigenvalue weighted by Gasteiger charge is -2.27. The lowest BCUT2D eigenvalue weighted by atomic mass is 9.78. The summed E-state index contributed by atoms with van der Waals surface area (Å²) in [4.78, 5) is 16.7. The van der Waals surface area contributed by atoms with E-state index in [0.717, 1.165) is 63.5 Å². The van der Waals surface area contributed by atoms with Gasteiger partial charge < -0.3 is 10.4 Å². The Labute approximate surface area is 223 Å². The zero-order valence-electron chi connectivity index (χ0n) is 20.1. The fraction of sp³-hybridized carbons (Fsp3) is 0.286. The zero-order chi connectivity index (χ0) is 25.4. The summed E-state index contributed by atoms with van der Waals surface area (Å²) in [5.74, 6) is -0.231. The summed E-state index contributed by atoms with van der Waals surface area (Å²) in [5.41, 5.74) is 4.66. The Morgan fingerprint density at radius 2 is 1.86 bits per heavy atom. The molecule has 0 aliphatic heterocycles. The molecule has 1 atom stereocenters. The number of hydrogen-bond acceptors (Lipinski definition) is 6. The third-order valence-corrected chi connectivity index (χ3v) is 8.41. The molecule has 0 unspecified atom stereocenters. The van der Waals surface area contributed by atoms with Gasteiger partial charge in [0.05, 0.1) is 16.1 Å². The summed E-state index contributed by atoms with van der Waals surface area (Å²) in [6, 6.07) is 17.9. The fourth-order valence-electron chi connectivity index (χ4n) is 5.27.